The second kappa shape index (κ2) is 5.09. The van der Waals surface area contributed by atoms with Gasteiger partial charge in [0.25, 0.3) is 0 Å². The summed E-state index contributed by atoms with van der Waals surface area (Å²) in [5, 5.41) is 5.52. The first-order valence-electron chi connectivity index (χ1n) is 10.8. The summed E-state index contributed by atoms with van der Waals surface area (Å²) in [6.45, 7) is 0. The van der Waals surface area contributed by atoms with Crippen molar-refractivity contribution in [3.05, 3.63) is 108 Å². The molecule has 0 heteroatoms. The average Bonchev–Trinajstić information content (AvgIpc) is 3.12. The number of hydrogen-bond acceptors (Lipinski definition) is 0. The van der Waals surface area contributed by atoms with Crippen molar-refractivity contribution in [3.8, 4) is 22.3 Å². The van der Waals surface area contributed by atoms with Gasteiger partial charge in [-0.1, -0.05) is 85.0 Å². The minimum atomic E-state index is 0.457. The third-order valence-corrected chi connectivity index (χ3v) is 7.52. The summed E-state index contributed by atoms with van der Waals surface area (Å²) in [7, 11) is 0. The normalized spacial score (nSPS) is 21.5. The molecule has 0 atom stereocenters. The highest BCUT2D eigenvalue weighted by Crippen LogP contribution is 2.57. The molecule has 0 radical (unpaired) electrons. The standard InChI is InChI=1S/C30H18/c1-2-6-19-16-27-25-14-12-23-21-10-4-8-17-7-3-9-20(28(17)21)22-11-13-24(30(25)29(22)23)26(27)15-18(19)5-1/h1-17,28H. The quantitative estimate of drug-likeness (QED) is 0.258. The Morgan fingerprint density at radius 3 is 1.57 bits per heavy atom. The molecular formula is C30H18. The first kappa shape index (κ1) is 15.2. The fraction of sp³-hybridized carbons (Fsp3) is 0.0667. The van der Waals surface area contributed by atoms with E-state index in [1.54, 1.807) is 0 Å². The summed E-state index contributed by atoms with van der Waals surface area (Å²) < 4.78 is 0. The van der Waals surface area contributed by atoms with Gasteiger partial charge in [-0.15, -0.1) is 0 Å². The maximum absolute atomic E-state index is 2.38. The molecule has 0 amide bonds. The van der Waals surface area contributed by atoms with Crippen molar-refractivity contribution in [3.63, 3.8) is 0 Å². The number of rotatable bonds is 0. The molecule has 4 aliphatic carbocycles. The van der Waals surface area contributed by atoms with E-state index in [2.05, 4.69) is 97.1 Å². The SMILES string of the molecule is C1=CC2C=CC=C3c4ccc5c6c(ccc(c46)C(=C1)C32)-c1cc2ccccc2cc1-5. The second-order valence-electron chi connectivity index (χ2n) is 8.89. The third kappa shape index (κ3) is 1.66. The third-order valence-electron chi connectivity index (χ3n) is 7.52. The van der Waals surface area contributed by atoms with Crippen LogP contribution in [0, 0.1) is 11.8 Å². The molecule has 0 N–H and O–H groups in total. The highest BCUT2D eigenvalue weighted by molar-refractivity contribution is 6.23. The van der Waals surface area contributed by atoms with Crippen molar-refractivity contribution in [2.24, 2.45) is 11.8 Å². The van der Waals surface area contributed by atoms with Gasteiger partial charge in [0.05, 0.1) is 0 Å². The van der Waals surface area contributed by atoms with Crippen LogP contribution in [0.3, 0.4) is 0 Å². The lowest BCUT2D eigenvalue weighted by Gasteiger charge is -2.37. The molecule has 0 heterocycles. The molecule has 0 bridgehead atoms. The second-order valence-corrected chi connectivity index (χ2v) is 8.89. The Bertz CT molecular complexity index is 1470. The van der Waals surface area contributed by atoms with Gasteiger partial charge in [0.1, 0.15) is 0 Å². The van der Waals surface area contributed by atoms with E-state index in [-0.39, 0.29) is 0 Å². The van der Waals surface area contributed by atoms with Gasteiger partial charge < -0.3 is 0 Å². The van der Waals surface area contributed by atoms with Gasteiger partial charge in [-0.2, -0.15) is 0 Å². The summed E-state index contributed by atoms with van der Waals surface area (Å²) >= 11 is 0. The highest BCUT2D eigenvalue weighted by Gasteiger charge is 2.37. The number of benzene rings is 4. The smallest absolute Gasteiger partial charge is 0.0199 e. The van der Waals surface area contributed by atoms with Gasteiger partial charge in [-0.25, -0.2) is 0 Å². The van der Waals surface area contributed by atoms with Crippen LogP contribution in [0.15, 0.2) is 97.1 Å². The van der Waals surface area contributed by atoms with E-state index in [4.69, 9.17) is 0 Å². The number of allylic oxidation sites excluding steroid dienone is 8. The van der Waals surface area contributed by atoms with E-state index >= 15 is 0 Å². The molecule has 4 aliphatic rings. The Balaban J connectivity index is 1.53. The lowest BCUT2D eigenvalue weighted by molar-refractivity contribution is 0.693. The van der Waals surface area contributed by atoms with Crippen LogP contribution in [0.2, 0.25) is 0 Å². The lowest BCUT2D eigenvalue weighted by Crippen LogP contribution is -2.22. The van der Waals surface area contributed by atoms with Crippen molar-refractivity contribution < 1.29 is 0 Å². The van der Waals surface area contributed by atoms with Crippen LogP contribution < -0.4 is 0 Å². The Hall–Kier alpha value is -3.64. The molecular weight excluding hydrogens is 360 g/mol. The summed E-state index contributed by atoms with van der Waals surface area (Å²) in [5.74, 6) is 0.929. The van der Waals surface area contributed by atoms with Crippen LogP contribution in [-0.2, 0) is 0 Å². The van der Waals surface area contributed by atoms with Crippen molar-refractivity contribution in [2.75, 3.05) is 0 Å². The van der Waals surface area contributed by atoms with Crippen LogP contribution in [-0.4, -0.2) is 0 Å². The molecule has 0 fully saturated rings. The maximum atomic E-state index is 2.38. The predicted molar refractivity (Wildman–Crippen MR) is 127 cm³/mol. The van der Waals surface area contributed by atoms with Crippen LogP contribution in [0.25, 0.3) is 54.9 Å². The van der Waals surface area contributed by atoms with Crippen molar-refractivity contribution >= 4 is 32.7 Å². The van der Waals surface area contributed by atoms with Crippen LogP contribution in [0.4, 0.5) is 0 Å². The zero-order valence-electron chi connectivity index (χ0n) is 16.4. The van der Waals surface area contributed by atoms with Gasteiger partial charge in [0, 0.05) is 11.8 Å². The van der Waals surface area contributed by atoms with Crippen molar-refractivity contribution in [1.29, 1.82) is 0 Å². The molecule has 0 spiro atoms. The molecule has 0 aromatic heterocycles. The fourth-order valence-corrected chi connectivity index (χ4v) is 6.28. The van der Waals surface area contributed by atoms with E-state index in [1.807, 2.05) is 0 Å². The molecule has 8 rings (SSSR count). The fourth-order valence-electron chi connectivity index (χ4n) is 6.28. The Labute approximate surface area is 175 Å². The number of hydrogen-bond donors (Lipinski definition) is 0. The topological polar surface area (TPSA) is 0 Å². The van der Waals surface area contributed by atoms with Gasteiger partial charge in [-0.3, -0.25) is 0 Å². The van der Waals surface area contributed by atoms with Crippen molar-refractivity contribution in [1.82, 2.24) is 0 Å². The van der Waals surface area contributed by atoms with E-state index < -0.39 is 0 Å². The minimum absolute atomic E-state index is 0.457. The van der Waals surface area contributed by atoms with Crippen LogP contribution >= 0.6 is 0 Å². The molecule has 0 nitrogen and oxygen atoms in total. The van der Waals surface area contributed by atoms with Crippen LogP contribution in [0.1, 0.15) is 11.1 Å². The minimum Gasteiger partial charge on any atom is -0.0767 e. The van der Waals surface area contributed by atoms with E-state index in [0.29, 0.717) is 11.8 Å². The van der Waals surface area contributed by atoms with E-state index in [0.717, 1.165) is 0 Å². The Morgan fingerprint density at radius 2 is 1.00 bits per heavy atom. The lowest BCUT2D eigenvalue weighted by atomic mass is 9.66. The van der Waals surface area contributed by atoms with Gasteiger partial charge in [0.15, 0.2) is 0 Å². The Kier molecular flexibility index (Phi) is 2.59. The highest BCUT2D eigenvalue weighted by atomic mass is 14.4. The first-order valence-corrected chi connectivity index (χ1v) is 10.8. The Morgan fingerprint density at radius 1 is 0.500 bits per heavy atom. The summed E-state index contributed by atoms with van der Waals surface area (Å²) in [6.07, 6.45) is 13.9. The molecule has 0 saturated heterocycles. The summed E-state index contributed by atoms with van der Waals surface area (Å²) in [5.41, 5.74) is 11.3. The average molecular weight is 378 g/mol. The largest absolute Gasteiger partial charge is 0.0767 e. The van der Waals surface area contributed by atoms with Gasteiger partial charge in [0.2, 0.25) is 0 Å². The first-order chi connectivity index (χ1) is 14.9. The van der Waals surface area contributed by atoms with Crippen molar-refractivity contribution in [2.45, 2.75) is 0 Å². The van der Waals surface area contributed by atoms with Gasteiger partial charge in [-0.05, 0) is 78.2 Å². The monoisotopic (exact) mass is 378 g/mol. The molecule has 4 aromatic carbocycles. The molecule has 30 heavy (non-hydrogen) atoms. The molecule has 0 aliphatic heterocycles. The maximum Gasteiger partial charge on any atom is 0.0199 e. The number of fused-ring (bicyclic) bond motifs is 6. The molecule has 138 valence electrons. The molecule has 0 unspecified atom stereocenters. The van der Waals surface area contributed by atoms with E-state index in [9.17, 15) is 0 Å². The predicted octanol–water partition coefficient (Wildman–Crippen LogP) is 7.79. The zero-order valence-corrected chi connectivity index (χ0v) is 16.4. The molecule has 4 aromatic rings. The zero-order chi connectivity index (χ0) is 19.4. The molecule has 0 saturated carbocycles. The van der Waals surface area contributed by atoms with Gasteiger partial charge >= 0.3 is 0 Å². The summed E-state index contributed by atoms with van der Waals surface area (Å²) in [6, 6.07) is 23.0. The van der Waals surface area contributed by atoms with E-state index in [1.165, 1.54) is 66.1 Å². The summed E-state index contributed by atoms with van der Waals surface area (Å²) in [4.78, 5) is 0. The van der Waals surface area contributed by atoms with Crippen LogP contribution in [0.5, 0.6) is 0 Å².